The maximum atomic E-state index is 12.6. The molecular weight excluding hydrogens is 288 g/mol. The number of carbonyl (C=O) groups excluding carboxylic acids is 1. The maximum Gasteiger partial charge on any atom is 0.255 e. The third-order valence-electron chi connectivity index (χ3n) is 4.57. The Hall–Kier alpha value is -2.20. The van der Waals surface area contributed by atoms with Gasteiger partial charge in [-0.05, 0) is 24.5 Å². The van der Waals surface area contributed by atoms with Crippen LogP contribution in [0.2, 0.25) is 0 Å². The van der Waals surface area contributed by atoms with Crippen molar-refractivity contribution in [2.24, 2.45) is 5.92 Å². The van der Waals surface area contributed by atoms with E-state index in [0.717, 1.165) is 30.4 Å². The zero-order valence-corrected chi connectivity index (χ0v) is 13.4. The Balaban J connectivity index is 1.74. The summed E-state index contributed by atoms with van der Waals surface area (Å²) in [5.74, 6) is 0.142. The first-order chi connectivity index (χ1) is 11.1. The molecule has 0 spiro atoms. The van der Waals surface area contributed by atoms with E-state index in [-0.39, 0.29) is 17.9 Å². The smallest absolute Gasteiger partial charge is 0.255 e. The van der Waals surface area contributed by atoms with Gasteiger partial charge in [0.1, 0.15) is 0 Å². The summed E-state index contributed by atoms with van der Waals surface area (Å²) in [7, 11) is 1.79. The van der Waals surface area contributed by atoms with Crippen molar-refractivity contribution in [3.05, 3.63) is 54.4 Å². The fourth-order valence-corrected chi connectivity index (χ4v) is 3.23. The van der Waals surface area contributed by atoms with E-state index in [1.807, 2.05) is 36.4 Å². The second kappa shape index (κ2) is 6.92. The van der Waals surface area contributed by atoms with Gasteiger partial charge in [0, 0.05) is 37.5 Å². The molecular formula is C19H22N2O2. The van der Waals surface area contributed by atoms with E-state index < -0.39 is 0 Å². The molecule has 23 heavy (non-hydrogen) atoms. The van der Waals surface area contributed by atoms with E-state index in [9.17, 15) is 9.90 Å². The molecule has 1 fully saturated rings. The minimum Gasteiger partial charge on any atom is -0.393 e. The molecule has 0 bridgehead atoms. The molecule has 0 aliphatic heterocycles. The van der Waals surface area contributed by atoms with Crippen molar-refractivity contribution >= 4 is 5.91 Å². The lowest BCUT2D eigenvalue weighted by Crippen LogP contribution is -2.34. The van der Waals surface area contributed by atoms with Crippen LogP contribution < -0.4 is 0 Å². The summed E-state index contributed by atoms with van der Waals surface area (Å²) in [6.45, 7) is 0.593. The third-order valence-corrected chi connectivity index (χ3v) is 4.57. The summed E-state index contributed by atoms with van der Waals surface area (Å²) in [6, 6.07) is 11.8. The van der Waals surface area contributed by atoms with Crippen LogP contribution in [0.4, 0.5) is 0 Å². The van der Waals surface area contributed by atoms with Crippen LogP contribution in [0.3, 0.4) is 0 Å². The molecule has 0 saturated heterocycles. The molecule has 2 unspecified atom stereocenters. The second-order valence-electron chi connectivity index (χ2n) is 6.27. The van der Waals surface area contributed by atoms with Crippen LogP contribution in [-0.2, 0) is 0 Å². The van der Waals surface area contributed by atoms with Crippen molar-refractivity contribution in [1.82, 2.24) is 9.88 Å². The lowest BCUT2D eigenvalue weighted by Gasteiger charge is -2.23. The largest absolute Gasteiger partial charge is 0.393 e. The van der Waals surface area contributed by atoms with Gasteiger partial charge in [-0.3, -0.25) is 9.78 Å². The highest BCUT2D eigenvalue weighted by Crippen LogP contribution is 2.26. The minimum atomic E-state index is -0.279. The van der Waals surface area contributed by atoms with Crippen LogP contribution in [0.25, 0.3) is 11.1 Å². The molecule has 120 valence electrons. The Morgan fingerprint density at radius 3 is 2.70 bits per heavy atom. The summed E-state index contributed by atoms with van der Waals surface area (Å²) in [5.41, 5.74) is 2.57. The molecule has 1 aromatic heterocycles. The van der Waals surface area contributed by atoms with E-state index in [1.165, 1.54) is 0 Å². The minimum absolute atomic E-state index is 0.0469. The van der Waals surface area contributed by atoms with E-state index >= 15 is 0 Å². The van der Waals surface area contributed by atoms with E-state index in [4.69, 9.17) is 0 Å². The normalized spacial score (nSPS) is 20.4. The summed E-state index contributed by atoms with van der Waals surface area (Å²) in [4.78, 5) is 18.5. The Bertz CT molecular complexity index is 672. The molecule has 1 amide bonds. The van der Waals surface area contributed by atoms with Crippen molar-refractivity contribution in [2.75, 3.05) is 13.6 Å². The molecule has 2 aromatic rings. The van der Waals surface area contributed by atoms with Crippen LogP contribution in [-0.4, -0.2) is 40.6 Å². The molecule has 2 atom stereocenters. The number of carbonyl (C=O) groups is 1. The summed E-state index contributed by atoms with van der Waals surface area (Å²) in [5, 5.41) is 9.93. The van der Waals surface area contributed by atoms with Gasteiger partial charge in [-0.15, -0.1) is 0 Å². The van der Waals surface area contributed by atoms with Crippen LogP contribution in [0.1, 0.15) is 29.6 Å². The fraction of sp³-hybridized carbons (Fsp3) is 0.368. The third kappa shape index (κ3) is 3.59. The lowest BCUT2D eigenvalue weighted by molar-refractivity contribution is 0.0693. The van der Waals surface area contributed by atoms with Crippen LogP contribution in [0.15, 0.2) is 48.8 Å². The maximum absolute atomic E-state index is 12.6. The van der Waals surface area contributed by atoms with Crippen molar-refractivity contribution in [2.45, 2.75) is 25.4 Å². The van der Waals surface area contributed by atoms with Gasteiger partial charge in [-0.25, -0.2) is 0 Å². The second-order valence-corrected chi connectivity index (χ2v) is 6.27. The topological polar surface area (TPSA) is 53.4 Å². The average molecular weight is 310 g/mol. The van der Waals surface area contributed by atoms with Crippen molar-refractivity contribution in [1.29, 1.82) is 0 Å². The highest BCUT2D eigenvalue weighted by Gasteiger charge is 2.27. The molecule has 4 heteroatoms. The van der Waals surface area contributed by atoms with E-state index in [0.29, 0.717) is 12.1 Å². The zero-order chi connectivity index (χ0) is 16.2. The number of amides is 1. The Morgan fingerprint density at radius 2 is 2.00 bits per heavy atom. The number of aliphatic hydroxyl groups is 1. The number of rotatable bonds is 4. The first kappa shape index (κ1) is 15.7. The van der Waals surface area contributed by atoms with Gasteiger partial charge in [-0.2, -0.15) is 0 Å². The number of nitrogens with zero attached hydrogens (tertiary/aromatic N) is 2. The van der Waals surface area contributed by atoms with Gasteiger partial charge in [0.2, 0.25) is 0 Å². The summed E-state index contributed by atoms with van der Waals surface area (Å²) >= 11 is 0. The van der Waals surface area contributed by atoms with Crippen molar-refractivity contribution in [3.8, 4) is 11.1 Å². The number of hydrogen-bond acceptors (Lipinski definition) is 3. The SMILES string of the molecule is CN(CC1CCCC1O)C(=O)c1cncc(-c2ccccc2)c1. The summed E-state index contributed by atoms with van der Waals surface area (Å²) in [6.07, 6.45) is 5.97. The monoisotopic (exact) mass is 310 g/mol. The van der Waals surface area contributed by atoms with Gasteiger partial charge in [0.05, 0.1) is 11.7 Å². The van der Waals surface area contributed by atoms with E-state index in [2.05, 4.69) is 4.98 Å². The van der Waals surface area contributed by atoms with Crippen LogP contribution >= 0.6 is 0 Å². The van der Waals surface area contributed by atoms with Gasteiger partial charge in [-0.1, -0.05) is 36.8 Å². The molecule has 1 heterocycles. The molecule has 1 saturated carbocycles. The molecule has 1 aromatic carbocycles. The first-order valence-electron chi connectivity index (χ1n) is 8.09. The lowest BCUT2D eigenvalue weighted by atomic mass is 10.0. The highest BCUT2D eigenvalue weighted by atomic mass is 16.3. The molecule has 0 radical (unpaired) electrons. The fourth-order valence-electron chi connectivity index (χ4n) is 3.23. The number of aromatic nitrogens is 1. The Labute approximate surface area is 136 Å². The van der Waals surface area contributed by atoms with Crippen molar-refractivity contribution in [3.63, 3.8) is 0 Å². The number of pyridine rings is 1. The molecule has 1 aliphatic rings. The molecule has 1 aliphatic carbocycles. The number of aliphatic hydroxyl groups excluding tert-OH is 1. The first-order valence-corrected chi connectivity index (χ1v) is 8.09. The van der Waals surface area contributed by atoms with Gasteiger partial charge < -0.3 is 10.0 Å². The van der Waals surface area contributed by atoms with Crippen LogP contribution in [0, 0.1) is 5.92 Å². The van der Waals surface area contributed by atoms with Gasteiger partial charge in [0.25, 0.3) is 5.91 Å². The van der Waals surface area contributed by atoms with Crippen molar-refractivity contribution < 1.29 is 9.90 Å². The highest BCUT2D eigenvalue weighted by molar-refractivity contribution is 5.94. The predicted octanol–water partition coefficient (Wildman–Crippen LogP) is 2.98. The standard InChI is InChI=1S/C19H22N2O2/c1-21(13-15-8-5-9-18(15)22)19(23)17-10-16(11-20-12-17)14-6-3-2-4-7-14/h2-4,6-7,10-12,15,18,22H,5,8-9,13H2,1H3. The number of hydrogen-bond donors (Lipinski definition) is 1. The van der Waals surface area contributed by atoms with Gasteiger partial charge >= 0.3 is 0 Å². The predicted molar refractivity (Wildman–Crippen MR) is 90.0 cm³/mol. The van der Waals surface area contributed by atoms with E-state index in [1.54, 1.807) is 24.3 Å². The summed E-state index contributed by atoms with van der Waals surface area (Å²) < 4.78 is 0. The quantitative estimate of drug-likeness (QED) is 0.944. The van der Waals surface area contributed by atoms with Gasteiger partial charge in [0.15, 0.2) is 0 Å². The van der Waals surface area contributed by atoms with Crippen LogP contribution in [0.5, 0.6) is 0 Å². The Kier molecular flexibility index (Phi) is 4.72. The Morgan fingerprint density at radius 1 is 1.22 bits per heavy atom. The number of benzene rings is 1. The average Bonchev–Trinajstić information content (AvgIpc) is 3.00. The molecule has 3 rings (SSSR count). The zero-order valence-electron chi connectivity index (χ0n) is 13.4. The molecule has 4 nitrogen and oxygen atoms in total. The molecule has 1 N–H and O–H groups in total.